The molecule has 1 heterocycles. The number of carboxylic acids is 1. The number of rotatable bonds is 8. The van der Waals surface area contributed by atoms with Crippen molar-refractivity contribution in [2.24, 2.45) is 0 Å². The van der Waals surface area contributed by atoms with Crippen molar-refractivity contribution < 1.29 is 36.2 Å². The van der Waals surface area contributed by atoms with Gasteiger partial charge in [-0.25, -0.2) is 8.42 Å². The Morgan fingerprint density at radius 2 is 1.70 bits per heavy atom. The summed E-state index contributed by atoms with van der Waals surface area (Å²) in [5.41, 5.74) is 0.545. The summed E-state index contributed by atoms with van der Waals surface area (Å²) in [6.07, 6.45) is -4.74. The zero-order valence-electron chi connectivity index (χ0n) is 18.0. The Morgan fingerprint density at radius 1 is 1.06 bits per heavy atom. The minimum absolute atomic E-state index is 0.0117. The van der Waals surface area contributed by atoms with Crippen molar-refractivity contribution in [1.29, 1.82) is 0 Å². The molecule has 1 fully saturated rings. The van der Waals surface area contributed by atoms with Gasteiger partial charge in [0.05, 0.1) is 23.5 Å². The van der Waals surface area contributed by atoms with Gasteiger partial charge in [0, 0.05) is 44.0 Å². The molecule has 1 saturated heterocycles. The van der Waals surface area contributed by atoms with E-state index in [-0.39, 0.29) is 31.0 Å². The predicted octanol–water partition coefficient (Wildman–Crippen LogP) is 3.38. The van der Waals surface area contributed by atoms with E-state index in [9.17, 15) is 31.5 Å². The number of aliphatic carboxylic acids is 1. The number of carbonyl (C=O) groups is 1. The molecule has 0 aromatic heterocycles. The summed E-state index contributed by atoms with van der Waals surface area (Å²) in [6, 6.07) is 9.30. The summed E-state index contributed by atoms with van der Waals surface area (Å²) in [7, 11) is -3.93. The van der Waals surface area contributed by atoms with Crippen LogP contribution in [-0.4, -0.2) is 56.6 Å². The number of nitrogens with zero attached hydrogens (tertiary/aromatic N) is 2. The molecular formula is C22H25F3N2O5S. The summed E-state index contributed by atoms with van der Waals surface area (Å²) in [6.45, 7) is 2.96. The van der Waals surface area contributed by atoms with Gasteiger partial charge in [-0.2, -0.15) is 17.5 Å². The van der Waals surface area contributed by atoms with Crippen LogP contribution in [0.3, 0.4) is 0 Å². The molecule has 0 unspecified atom stereocenters. The molecule has 0 spiro atoms. The number of ether oxygens (including phenoxy) is 1. The van der Waals surface area contributed by atoms with E-state index in [4.69, 9.17) is 4.74 Å². The van der Waals surface area contributed by atoms with Gasteiger partial charge in [0.25, 0.3) is 0 Å². The summed E-state index contributed by atoms with van der Waals surface area (Å²) in [5, 5.41) is 9.19. The molecule has 11 heteroatoms. The predicted molar refractivity (Wildman–Crippen MR) is 116 cm³/mol. The highest BCUT2D eigenvalue weighted by Gasteiger charge is 2.33. The second kappa shape index (κ2) is 10.1. The van der Waals surface area contributed by atoms with Crippen LogP contribution in [0.4, 0.5) is 18.9 Å². The summed E-state index contributed by atoms with van der Waals surface area (Å²) >= 11 is 0. The van der Waals surface area contributed by atoms with E-state index in [1.807, 2.05) is 4.90 Å². The highest BCUT2D eigenvalue weighted by atomic mass is 32.2. The lowest BCUT2D eigenvalue weighted by atomic mass is 10.1. The van der Waals surface area contributed by atoms with E-state index in [0.29, 0.717) is 36.5 Å². The Morgan fingerprint density at radius 3 is 2.24 bits per heavy atom. The highest BCUT2D eigenvalue weighted by Crippen LogP contribution is 2.31. The zero-order chi connectivity index (χ0) is 24.2. The van der Waals surface area contributed by atoms with E-state index < -0.39 is 27.7 Å². The van der Waals surface area contributed by atoms with Crippen LogP contribution in [0, 0.1) is 0 Å². The third-order valence-corrected chi connectivity index (χ3v) is 7.42. The molecule has 0 saturated carbocycles. The van der Waals surface area contributed by atoms with Crippen molar-refractivity contribution in [3.8, 4) is 0 Å². The van der Waals surface area contributed by atoms with E-state index >= 15 is 0 Å². The third-order valence-electron chi connectivity index (χ3n) is 5.44. The molecule has 1 aliphatic heterocycles. The van der Waals surface area contributed by atoms with Gasteiger partial charge < -0.3 is 14.7 Å². The van der Waals surface area contributed by atoms with Crippen LogP contribution in [0.1, 0.15) is 23.6 Å². The Labute approximate surface area is 190 Å². The molecule has 0 bridgehead atoms. The molecule has 0 amide bonds. The van der Waals surface area contributed by atoms with Gasteiger partial charge in [0.2, 0.25) is 10.0 Å². The maximum absolute atomic E-state index is 13.4. The van der Waals surface area contributed by atoms with Gasteiger partial charge in [0.15, 0.2) is 0 Å². The van der Waals surface area contributed by atoms with Crippen LogP contribution >= 0.6 is 0 Å². The Bertz CT molecular complexity index is 1080. The van der Waals surface area contributed by atoms with Crippen LogP contribution < -0.4 is 4.90 Å². The number of piperazine rings is 1. The normalized spacial score (nSPS) is 15.6. The number of alkyl halides is 3. The van der Waals surface area contributed by atoms with E-state index in [1.165, 1.54) is 28.6 Å². The van der Waals surface area contributed by atoms with Crippen LogP contribution in [0.15, 0.2) is 47.4 Å². The average molecular weight is 487 g/mol. The molecule has 0 aliphatic carbocycles. The SMILES string of the molecule is CCOCc1c(CC(=O)O)cccc1S(=O)(=O)N1CCN(c2ccc(C(F)(F)F)cc2)CC1. The van der Waals surface area contributed by atoms with Crippen molar-refractivity contribution in [3.63, 3.8) is 0 Å². The monoisotopic (exact) mass is 486 g/mol. The lowest BCUT2D eigenvalue weighted by Crippen LogP contribution is -2.48. The van der Waals surface area contributed by atoms with Crippen LogP contribution in [0.2, 0.25) is 0 Å². The van der Waals surface area contributed by atoms with Crippen molar-refractivity contribution in [3.05, 3.63) is 59.2 Å². The highest BCUT2D eigenvalue weighted by molar-refractivity contribution is 7.89. The number of sulfonamides is 1. The molecule has 7 nitrogen and oxygen atoms in total. The molecule has 3 rings (SSSR count). The van der Waals surface area contributed by atoms with E-state index in [1.54, 1.807) is 13.0 Å². The van der Waals surface area contributed by atoms with E-state index in [0.717, 1.165) is 12.1 Å². The van der Waals surface area contributed by atoms with Crippen molar-refractivity contribution in [2.45, 2.75) is 31.0 Å². The first-order valence-electron chi connectivity index (χ1n) is 10.4. The molecule has 1 aliphatic rings. The Hall–Kier alpha value is -2.63. The molecule has 0 radical (unpaired) electrons. The quantitative estimate of drug-likeness (QED) is 0.616. The lowest BCUT2D eigenvalue weighted by molar-refractivity contribution is -0.138. The van der Waals surface area contributed by atoms with Gasteiger partial charge in [-0.15, -0.1) is 0 Å². The van der Waals surface area contributed by atoms with Crippen LogP contribution in [0.5, 0.6) is 0 Å². The smallest absolute Gasteiger partial charge is 0.416 e. The zero-order valence-corrected chi connectivity index (χ0v) is 18.8. The van der Waals surface area contributed by atoms with E-state index in [2.05, 4.69) is 0 Å². The number of halogens is 3. The summed E-state index contributed by atoms with van der Waals surface area (Å²) in [5.74, 6) is -1.08. The maximum atomic E-state index is 13.4. The topological polar surface area (TPSA) is 87.1 Å². The van der Waals surface area contributed by atoms with Gasteiger partial charge >= 0.3 is 12.1 Å². The van der Waals surface area contributed by atoms with Crippen LogP contribution in [-0.2, 0) is 38.8 Å². The number of hydrogen-bond acceptors (Lipinski definition) is 5. The number of benzene rings is 2. The average Bonchev–Trinajstić information content (AvgIpc) is 2.77. The molecule has 0 atom stereocenters. The molecular weight excluding hydrogens is 461 g/mol. The van der Waals surface area contributed by atoms with Gasteiger partial charge in [0.1, 0.15) is 0 Å². The molecule has 2 aromatic carbocycles. The lowest BCUT2D eigenvalue weighted by Gasteiger charge is -2.35. The minimum Gasteiger partial charge on any atom is -0.481 e. The number of hydrogen-bond donors (Lipinski definition) is 1. The molecule has 2 aromatic rings. The van der Waals surface area contributed by atoms with Crippen molar-refractivity contribution in [1.82, 2.24) is 4.31 Å². The fraction of sp³-hybridized carbons (Fsp3) is 0.409. The first-order chi connectivity index (χ1) is 15.5. The molecule has 33 heavy (non-hydrogen) atoms. The first-order valence-corrected chi connectivity index (χ1v) is 11.8. The maximum Gasteiger partial charge on any atom is 0.416 e. The van der Waals surface area contributed by atoms with Crippen LogP contribution in [0.25, 0.3) is 0 Å². The summed E-state index contributed by atoms with van der Waals surface area (Å²) < 4.78 is 71.8. The van der Waals surface area contributed by atoms with Gasteiger partial charge in [-0.1, -0.05) is 12.1 Å². The largest absolute Gasteiger partial charge is 0.481 e. The minimum atomic E-state index is -4.42. The fourth-order valence-corrected chi connectivity index (χ4v) is 5.41. The fourth-order valence-electron chi connectivity index (χ4n) is 3.74. The van der Waals surface area contributed by atoms with Gasteiger partial charge in [-0.3, -0.25) is 4.79 Å². The second-order valence-electron chi connectivity index (χ2n) is 7.54. The first kappa shape index (κ1) is 25.0. The van der Waals surface area contributed by atoms with Crippen molar-refractivity contribution in [2.75, 3.05) is 37.7 Å². The summed E-state index contributed by atoms with van der Waals surface area (Å²) in [4.78, 5) is 13.1. The Kier molecular flexibility index (Phi) is 7.65. The second-order valence-corrected chi connectivity index (χ2v) is 9.44. The Balaban J connectivity index is 1.79. The standard InChI is InChI=1S/C22H25F3N2O5S/c1-2-32-15-19-16(14-21(28)29)4-3-5-20(19)33(30,31)27-12-10-26(11-13-27)18-8-6-17(7-9-18)22(23,24)25/h3-9H,2,10-15H2,1H3,(H,28,29). The molecule has 1 N–H and O–H groups in total. The molecule has 180 valence electrons. The van der Waals surface area contributed by atoms with Crippen molar-refractivity contribution >= 4 is 21.7 Å². The number of carboxylic acid groups (broad SMARTS) is 1. The third kappa shape index (κ3) is 5.84. The van der Waals surface area contributed by atoms with Gasteiger partial charge in [-0.05, 0) is 42.8 Å². The number of anilines is 1.